The van der Waals surface area contributed by atoms with Crippen molar-refractivity contribution in [2.24, 2.45) is 0 Å². The van der Waals surface area contributed by atoms with E-state index in [0.717, 1.165) is 27.6 Å². The summed E-state index contributed by atoms with van der Waals surface area (Å²) in [6, 6.07) is 5.69. The number of halogens is 1. The van der Waals surface area contributed by atoms with Gasteiger partial charge in [-0.3, -0.25) is 0 Å². The van der Waals surface area contributed by atoms with E-state index < -0.39 is 0 Å². The first-order valence-corrected chi connectivity index (χ1v) is 5.05. The number of benzene rings is 1. The molecule has 1 nitrogen and oxygen atoms in total. The SMILES string of the molecule is Cc1c(B=O)sc2ccc(Cl)cc12. The summed E-state index contributed by atoms with van der Waals surface area (Å²) < 4.78 is 12.6. The van der Waals surface area contributed by atoms with Crippen molar-refractivity contribution in [1.29, 1.82) is 0 Å². The second-order valence-electron chi connectivity index (χ2n) is 2.85. The van der Waals surface area contributed by atoms with Gasteiger partial charge in [-0.25, -0.2) is 0 Å². The van der Waals surface area contributed by atoms with Crippen molar-refractivity contribution in [1.82, 2.24) is 0 Å². The molecule has 1 aromatic heterocycles. The van der Waals surface area contributed by atoms with Crippen LogP contribution in [0, 0.1) is 6.92 Å². The predicted octanol–water partition coefficient (Wildman–Crippen LogP) is 2.54. The molecule has 0 aliphatic rings. The topological polar surface area (TPSA) is 17.1 Å². The average Bonchev–Trinajstić information content (AvgIpc) is 2.44. The third-order valence-corrected chi connectivity index (χ3v) is 3.48. The van der Waals surface area contributed by atoms with Gasteiger partial charge in [0.1, 0.15) is 0 Å². The van der Waals surface area contributed by atoms with Crippen LogP contribution in [0.4, 0.5) is 0 Å². The van der Waals surface area contributed by atoms with Gasteiger partial charge in [0.15, 0.2) is 0 Å². The molecule has 0 N–H and O–H groups in total. The van der Waals surface area contributed by atoms with E-state index >= 15 is 0 Å². The first-order chi connectivity index (χ1) is 6.22. The summed E-state index contributed by atoms with van der Waals surface area (Å²) in [6.45, 7) is 1.94. The van der Waals surface area contributed by atoms with Crippen LogP contribution in [-0.2, 0) is 4.70 Å². The van der Waals surface area contributed by atoms with Crippen molar-refractivity contribution in [3.05, 3.63) is 28.8 Å². The minimum absolute atomic E-state index is 0.714. The van der Waals surface area contributed by atoms with Crippen LogP contribution >= 0.6 is 22.9 Å². The Labute approximate surface area is 85.6 Å². The Hall–Kier alpha value is -0.665. The summed E-state index contributed by atoms with van der Waals surface area (Å²) in [5.41, 5.74) is 1.03. The molecule has 2 aromatic rings. The van der Waals surface area contributed by atoms with E-state index in [2.05, 4.69) is 0 Å². The Morgan fingerprint density at radius 3 is 2.92 bits per heavy atom. The van der Waals surface area contributed by atoms with Crippen molar-refractivity contribution in [2.45, 2.75) is 6.92 Å². The van der Waals surface area contributed by atoms with Gasteiger partial charge in [-0.15, -0.1) is 0 Å². The van der Waals surface area contributed by atoms with Gasteiger partial charge in [0.2, 0.25) is 0 Å². The summed E-state index contributed by atoms with van der Waals surface area (Å²) in [5, 5.41) is 1.80. The van der Waals surface area contributed by atoms with Crippen LogP contribution < -0.4 is 4.78 Å². The zero-order valence-electron chi connectivity index (χ0n) is 7.00. The molecule has 64 valence electrons. The fourth-order valence-electron chi connectivity index (χ4n) is 1.32. The third kappa shape index (κ3) is 1.42. The van der Waals surface area contributed by atoms with Crippen molar-refractivity contribution < 1.29 is 4.70 Å². The zero-order chi connectivity index (χ0) is 9.42. The van der Waals surface area contributed by atoms with E-state index in [1.54, 1.807) is 0 Å². The molecule has 0 radical (unpaired) electrons. The number of hydrogen-bond donors (Lipinski definition) is 0. The Morgan fingerprint density at radius 2 is 2.23 bits per heavy atom. The average molecular weight is 208 g/mol. The van der Waals surface area contributed by atoms with E-state index in [9.17, 15) is 4.70 Å². The van der Waals surface area contributed by atoms with E-state index in [-0.39, 0.29) is 0 Å². The summed E-state index contributed by atoms with van der Waals surface area (Å²) in [6.07, 6.45) is 0. The summed E-state index contributed by atoms with van der Waals surface area (Å²) in [5.74, 6) is 0. The van der Waals surface area contributed by atoms with Crippen LogP contribution in [0.15, 0.2) is 18.2 Å². The van der Waals surface area contributed by atoms with Crippen LogP contribution in [-0.4, -0.2) is 7.15 Å². The number of aryl methyl sites for hydroxylation is 1. The standard InChI is InChI=1S/C9H6BClOS/c1-5-7-4-6(11)2-3-8(7)13-9(5)10-12/h2-4H,1H3. The second kappa shape index (κ2) is 3.24. The molecule has 0 saturated heterocycles. The number of fused-ring (bicyclic) bond motifs is 1. The number of hydrogen-bond acceptors (Lipinski definition) is 2. The second-order valence-corrected chi connectivity index (χ2v) is 4.37. The molecular formula is C9H6BClOS. The molecule has 13 heavy (non-hydrogen) atoms. The van der Waals surface area contributed by atoms with Gasteiger partial charge in [-0.1, -0.05) is 0 Å². The summed E-state index contributed by atoms with van der Waals surface area (Å²) >= 11 is 7.37. The Kier molecular flexibility index (Phi) is 2.22. The predicted molar refractivity (Wildman–Crippen MR) is 57.6 cm³/mol. The molecule has 0 saturated carbocycles. The quantitative estimate of drug-likeness (QED) is 0.658. The summed E-state index contributed by atoms with van der Waals surface area (Å²) in [4.78, 5) is 0. The zero-order valence-corrected chi connectivity index (χ0v) is 8.58. The fraction of sp³-hybridized carbons (Fsp3) is 0.111. The minimum atomic E-state index is 0.714. The monoisotopic (exact) mass is 208 g/mol. The molecule has 1 heterocycles. The molecule has 0 atom stereocenters. The van der Waals surface area contributed by atoms with Crippen molar-refractivity contribution >= 4 is 45.0 Å². The van der Waals surface area contributed by atoms with Gasteiger partial charge in [0.05, 0.1) is 0 Å². The molecule has 0 aliphatic carbocycles. The third-order valence-electron chi connectivity index (χ3n) is 2.04. The fourth-order valence-corrected chi connectivity index (χ4v) is 2.50. The molecule has 0 unspecified atom stereocenters. The first kappa shape index (κ1) is 8.91. The number of thiophene rings is 1. The van der Waals surface area contributed by atoms with Gasteiger partial charge >= 0.3 is 85.4 Å². The van der Waals surface area contributed by atoms with E-state index in [1.165, 1.54) is 11.3 Å². The Morgan fingerprint density at radius 1 is 1.46 bits per heavy atom. The molecule has 0 aliphatic heterocycles. The summed E-state index contributed by atoms with van der Waals surface area (Å²) in [7, 11) is 0.897. The Bertz CT molecular complexity index is 478. The van der Waals surface area contributed by atoms with Gasteiger partial charge in [0, 0.05) is 0 Å². The van der Waals surface area contributed by atoms with Crippen molar-refractivity contribution in [2.75, 3.05) is 0 Å². The van der Waals surface area contributed by atoms with Crippen molar-refractivity contribution in [3.63, 3.8) is 0 Å². The number of rotatable bonds is 1. The molecule has 4 heteroatoms. The molecular weight excluding hydrogens is 202 g/mol. The molecule has 1 aromatic carbocycles. The normalized spacial score (nSPS) is 10.3. The van der Waals surface area contributed by atoms with Crippen LogP contribution in [0.5, 0.6) is 0 Å². The molecule has 0 amide bonds. The molecule has 0 bridgehead atoms. The maximum atomic E-state index is 10.7. The first-order valence-electron chi connectivity index (χ1n) is 3.86. The van der Waals surface area contributed by atoms with Crippen LogP contribution in [0.2, 0.25) is 5.02 Å². The van der Waals surface area contributed by atoms with Crippen LogP contribution in [0.1, 0.15) is 5.56 Å². The van der Waals surface area contributed by atoms with Gasteiger partial charge in [0.25, 0.3) is 0 Å². The van der Waals surface area contributed by atoms with Crippen LogP contribution in [0.25, 0.3) is 10.1 Å². The van der Waals surface area contributed by atoms with Gasteiger partial charge in [-0.05, 0) is 0 Å². The van der Waals surface area contributed by atoms with Gasteiger partial charge in [-0.2, -0.15) is 0 Å². The van der Waals surface area contributed by atoms with Gasteiger partial charge < -0.3 is 0 Å². The molecule has 0 spiro atoms. The molecule has 2 rings (SSSR count). The van der Waals surface area contributed by atoms with E-state index in [4.69, 9.17) is 11.6 Å². The van der Waals surface area contributed by atoms with Crippen LogP contribution in [0.3, 0.4) is 0 Å². The molecule has 0 fully saturated rings. The van der Waals surface area contributed by atoms with Crippen molar-refractivity contribution in [3.8, 4) is 0 Å². The Balaban J connectivity index is 2.84. The maximum absolute atomic E-state index is 10.7. The van der Waals surface area contributed by atoms with E-state index in [1.807, 2.05) is 25.1 Å². The van der Waals surface area contributed by atoms with E-state index in [0.29, 0.717) is 5.02 Å².